The van der Waals surface area contributed by atoms with Crippen LogP contribution >= 0.6 is 11.6 Å². The molecule has 2 aromatic carbocycles. The lowest BCUT2D eigenvalue weighted by Gasteiger charge is -2.17. The minimum atomic E-state index is -0.716. The first kappa shape index (κ1) is 14.8. The quantitative estimate of drug-likeness (QED) is 0.670. The number of hydrazine groups is 1. The van der Waals surface area contributed by atoms with Crippen LogP contribution in [0.4, 0.5) is 13.2 Å². The van der Waals surface area contributed by atoms with Gasteiger partial charge >= 0.3 is 0 Å². The number of benzene rings is 2. The lowest BCUT2D eigenvalue weighted by Crippen LogP contribution is -2.30. The van der Waals surface area contributed by atoms with E-state index in [-0.39, 0.29) is 11.4 Å². The molecule has 6 heteroatoms. The van der Waals surface area contributed by atoms with E-state index in [9.17, 15) is 13.2 Å². The Morgan fingerprint density at radius 3 is 2.35 bits per heavy atom. The van der Waals surface area contributed by atoms with Crippen LogP contribution in [0.15, 0.2) is 36.4 Å². The second-order valence-corrected chi connectivity index (χ2v) is 4.75. The average molecular weight is 301 g/mol. The van der Waals surface area contributed by atoms with Crippen molar-refractivity contribution < 1.29 is 13.2 Å². The summed E-state index contributed by atoms with van der Waals surface area (Å²) >= 11 is 5.69. The zero-order valence-corrected chi connectivity index (χ0v) is 11.1. The maximum Gasteiger partial charge on any atom is 0.145 e. The lowest BCUT2D eigenvalue weighted by atomic mass is 9.99. The van der Waals surface area contributed by atoms with Crippen LogP contribution in [0.1, 0.15) is 17.2 Å². The number of halogens is 4. The Morgan fingerprint density at radius 1 is 1.10 bits per heavy atom. The molecule has 0 aliphatic heterocycles. The van der Waals surface area contributed by atoms with Crippen LogP contribution in [0, 0.1) is 17.5 Å². The summed E-state index contributed by atoms with van der Waals surface area (Å²) in [5.74, 6) is 3.40. The summed E-state index contributed by atoms with van der Waals surface area (Å²) in [6.07, 6.45) is 0.117. The van der Waals surface area contributed by atoms with Crippen LogP contribution in [0.3, 0.4) is 0 Å². The van der Waals surface area contributed by atoms with E-state index in [1.165, 1.54) is 6.07 Å². The maximum absolute atomic E-state index is 13.8. The topological polar surface area (TPSA) is 38.0 Å². The molecule has 2 aromatic rings. The van der Waals surface area contributed by atoms with Gasteiger partial charge in [0.25, 0.3) is 0 Å². The van der Waals surface area contributed by atoms with Gasteiger partial charge in [0.1, 0.15) is 17.5 Å². The van der Waals surface area contributed by atoms with E-state index >= 15 is 0 Å². The van der Waals surface area contributed by atoms with Gasteiger partial charge in [0.2, 0.25) is 0 Å². The highest BCUT2D eigenvalue weighted by atomic mass is 35.5. The first-order chi connectivity index (χ1) is 9.51. The highest BCUT2D eigenvalue weighted by Crippen LogP contribution is 2.24. The van der Waals surface area contributed by atoms with Crippen molar-refractivity contribution in [2.45, 2.75) is 12.5 Å². The van der Waals surface area contributed by atoms with E-state index in [1.807, 2.05) is 0 Å². The Bertz CT molecular complexity index is 599. The van der Waals surface area contributed by atoms with Crippen LogP contribution in [0.25, 0.3) is 0 Å². The van der Waals surface area contributed by atoms with Gasteiger partial charge in [-0.25, -0.2) is 13.2 Å². The molecule has 0 aliphatic rings. The van der Waals surface area contributed by atoms with Gasteiger partial charge in [-0.05, 0) is 35.7 Å². The molecule has 0 aliphatic carbocycles. The van der Waals surface area contributed by atoms with Crippen molar-refractivity contribution >= 4 is 11.6 Å². The van der Waals surface area contributed by atoms with Gasteiger partial charge in [0.05, 0.1) is 11.1 Å². The van der Waals surface area contributed by atoms with Gasteiger partial charge in [-0.15, -0.1) is 0 Å². The third-order valence-electron chi connectivity index (χ3n) is 2.94. The molecule has 0 radical (unpaired) electrons. The molecular formula is C14H12ClF3N2. The number of nitrogens with one attached hydrogen (secondary N) is 1. The molecule has 20 heavy (non-hydrogen) atoms. The summed E-state index contributed by atoms with van der Waals surface area (Å²) in [6.45, 7) is 0. The molecule has 0 fully saturated rings. The predicted octanol–water partition coefficient (Wildman–Crippen LogP) is 3.50. The number of nitrogens with two attached hydrogens (primary N) is 1. The van der Waals surface area contributed by atoms with E-state index in [4.69, 9.17) is 17.4 Å². The van der Waals surface area contributed by atoms with Crippen LogP contribution in [0.2, 0.25) is 5.02 Å². The van der Waals surface area contributed by atoms with Gasteiger partial charge in [-0.1, -0.05) is 23.7 Å². The second-order valence-electron chi connectivity index (χ2n) is 4.34. The summed E-state index contributed by atoms with van der Waals surface area (Å²) in [5, 5.41) is -0.0105. The highest BCUT2D eigenvalue weighted by molar-refractivity contribution is 6.30. The fraction of sp³-hybridized carbons (Fsp3) is 0.143. The van der Waals surface area contributed by atoms with E-state index in [0.29, 0.717) is 11.1 Å². The smallest absolute Gasteiger partial charge is 0.145 e. The van der Waals surface area contributed by atoms with Crippen molar-refractivity contribution in [2.24, 2.45) is 5.84 Å². The van der Waals surface area contributed by atoms with Crippen LogP contribution in [-0.2, 0) is 6.42 Å². The van der Waals surface area contributed by atoms with Crippen molar-refractivity contribution in [1.82, 2.24) is 5.43 Å². The highest BCUT2D eigenvalue weighted by Gasteiger charge is 2.16. The van der Waals surface area contributed by atoms with Gasteiger partial charge in [0, 0.05) is 6.07 Å². The Hall–Kier alpha value is -1.56. The minimum absolute atomic E-state index is 0.0105. The standard InChI is InChI=1S/C14H12ClF3N2/c15-12-3-1-2-8(14(12)18)6-13(20-19)9-4-10(16)7-11(17)5-9/h1-5,7,13,20H,6,19H2. The minimum Gasteiger partial charge on any atom is -0.271 e. The van der Waals surface area contributed by atoms with Crippen molar-refractivity contribution in [3.63, 3.8) is 0 Å². The molecule has 0 spiro atoms. The summed E-state index contributed by atoms with van der Waals surface area (Å²) in [7, 11) is 0. The number of rotatable bonds is 4. The first-order valence-corrected chi connectivity index (χ1v) is 6.24. The van der Waals surface area contributed by atoms with E-state index in [0.717, 1.165) is 18.2 Å². The van der Waals surface area contributed by atoms with Crippen molar-refractivity contribution in [3.8, 4) is 0 Å². The SMILES string of the molecule is NNC(Cc1cccc(Cl)c1F)c1cc(F)cc(F)c1. The lowest BCUT2D eigenvalue weighted by molar-refractivity contribution is 0.516. The van der Waals surface area contributed by atoms with Crippen molar-refractivity contribution in [3.05, 3.63) is 70.0 Å². The first-order valence-electron chi connectivity index (χ1n) is 5.86. The molecule has 0 bridgehead atoms. The molecule has 1 unspecified atom stereocenters. The zero-order valence-electron chi connectivity index (χ0n) is 10.3. The van der Waals surface area contributed by atoms with Crippen LogP contribution in [-0.4, -0.2) is 0 Å². The molecule has 0 heterocycles. The number of hydrogen-bond acceptors (Lipinski definition) is 2. The van der Waals surface area contributed by atoms with Crippen LogP contribution < -0.4 is 11.3 Å². The molecule has 0 aromatic heterocycles. The average Bonchev–Trinajstić information content (AvgIpc) is 2.39. The fourth-order valence-corrected chi connectivity index (χ4v) is 2.17. The molecule has 1 atom stereocenters. The van der Waals surface area contributed by atoms with Crippen molar-refractivity contribution in [2.75, 3.05) is 0 Å². The number of hydrogen-bond donors (Lipinski definition) is 2. The molecule has 106 valence electrons. The van der Waals surface area contributed by atoms with E-state index in [1.54, 1.807) is 12.1 Å². The molecule has 0 saturated heterocycles. The van der Waals surface area contributed by atoms with Gasteiger partial charge in [0.15, 0.2) is 0 Å². The Balaban J connectivity index is 2.31. The van der Waals surface area contributed by atoms with E-state index in [2.05, 4.69) is 5.43 Å². The second kappa shape index (κ2) is 6.26. The Labute approximate surface area is 119 Å². The molecular weight excluding hydrogens is 289 g/mol. The third kappa shape index (κ3) is 3.30. The molecule has 0 saturated carbocycles. The van der Waals surface area contributed by atoms with Gasteiger partial charge in [-0.3, -0.25) is 11.3 Å². The Morgan fingerprint density at radius 2 is 1.75 bits per heavy atom. The normalized spacial score (nSPS) is 12.4. The summed E-state index contributed by atoms with van der Waals surface area (Å²) in [6, 6.07) is 6.99. The monoisotopic (exact) mass is 300 g/mol. The fourth-order valence-electron chi connectivity index (χ4n) is 1.98. The summed E-state index contributed by atoms with van der Waals surface area (Å²) in [5.41, 5.74) is 3.03. The maximum atomic E-state index is 13.8. The Kier molecular flexibility index (Phi) is 4.65. The largest absolute Gasteiger partial charge is 0.271 e. The molecule has 2 nitrogen and oxygen atoms in total. The van der Waals surface area contributed by atoms with E-state index < -0.39 is 23.5 Å². The summed E-state index contributed by atoms with van der Waals surface area (Å²) in [4.78, 5) is 0. The van der Waals surface area contributed by atoms with Crippen LogP contribution in [0.5, 0.6) is 0 Å². The third-order valence-corrected chi connectivity index (χ3v) is 3.24. The summed E-state index contributed by atoms with van der Waals surface area (Å²) < 4.78 is 40.2. The molecule has 3 N–H and O–H groups in total. The zero-order chi connectivity index (χ0) is 14.7. The van der Waals surface area contributed by atoms with Gasteiger partial charge in [-0.2, -0.15) is 0 Å². The van der Waals surface area contributed by atoms with Crippen molar-refractivity contribution in [1.29, 1.82) is 0 Å². The predicted molar refractivity (Wildman–Crippen MR) is 71.5 cm³/mol. The molecule has 2 rings (SSSR count). The molecule has 0 amide bonds. The van der Waals surface area contributed by atoms with Gasteiger partial charge < -0.3 is 0 Å².